The predicted molar refractivity (Wildman–Crippen MR) is 63.5 cm³/mol. The Kier molecular flexibility index (Phi) is 4.45. The van der Waals surface area contributed by atoms with E-state index in [1.54, 1.807) is 0 Å². The molecule has 0 saturated carbocycles. The van der Waals surface area contributed by atoms with Crippen LogP contribution < -0.4 is 5.32 Å². The van der Waals surface area contributed by atoms with Gasteiger partial charge in [-0.05, 0) is 18.8 Å². The number of amides is 1. The van der Waals surface area contributed by atoms with Crippen LogP contribution in [-0.2, 0) is 16.1 Å². The van der Waals surface area contributed by atoms with Gasteiger partial charge < -0.3 is 15.2 Å². The Bertz CT molecular complexity index is 453. The lowest BCUT2D eigenvalue weighted by molar-refractivity contribution is -0.137. The Labute approximate surface area is 109 Å². The smallest absolute Gasteiger partial charge is 0.325 e. The molecule has 1 aliphatic heterocycles. The number of carboxylic acid groups (broad SMARTS) is 1. The fourth-order valence-electron chi connectivity index (χ4n) is 1.90. The van der Waals surface area contributed by atoms with Crippen LogP contribution in [0.15, 0.2) is 6.20 Å². The third-order valence-corrected chi connectivity index (χ3v) is 2.96. The fraction of sp³-hybridized carbons (Fsp3) is 0.636. The number of carbonyl (C=O) groups is 2. The van der Waals surface area contributed by atoms with Crippen molar-refractivity contribution in [3.63, 3.8) is 0 Å². The number of aromatic nitrogens is 3. The SMILES string of the molecule is O=C(O)Cn1cc(C(=O)NCC2CCOCC2)nn1. The largest absolute Gasteiger partial charge is 0.480 e. The molecule has 0 spiro atoms. The van der Waals surface area contributed by atoms with Crippen molar-refractivity contribution in [2.75, 3.05) is 19.8 Å². The van der Waals surface area contributed by atoms with E-state index in [1.807, 2.05) is 0 Å². The molecule has 2 rings (SSSR count). The summed E-state index contributed by atoms with van der Waals surface area (Å²) >= 11 is 0. The van der Waals surface area contributed by atoms with Crippen LogP contribution in [0.5, 0.6) is 0 Å². The van der Waals surface area contributed by atoms with Crippen molar-refractivity contribution >= 4 is 11.9 Å². The first-order valence-corrected chi connectivity index (χ1v) is 6.13. The molecule has 0 atom stereocenters. The molecule has 104 valence electrons. The zero-order chi connectivity index (χ0) is 13.7. The van der Waals surface area contributed by atoms with Gasteiger partial charge in [-0.25, -0.2) is 4.68 Å². The molecule has 0 aromatic carbocycles. The number of hydrogen-bond acceptors (Lipinski definition) is 5. The quantitative estimate of drug-likeness (QED) is 0.747. The highest BCUT2D eigenvalue weighted by Crippen LogP contribution is 2.13. The Morgan fingerprint density at radius 3 is 2.89 bits per heavy atom. The van der Waals surface area contributed by atoms with Gasteiger partial charge in [-0.3, -0.25) is 9.59 Å². The Balaban J connectivity index is 1.81. The predicted octanol–water partition coefficient (Wildman–Crippen LogP) is -0.481. The van der Waals surface area contributed by atoms with Crippen molar-refractivity contribution in [1.29, 1.82) is 0 Å². The monoisotopic (exact) mass is 268 g/mol. The zero-order valence-electron chi connectivity index (χ0n) is 10.4. The van der Waals surface area contributed by atoms with Gasteiger partial charge in [0.15, 0.2) is 5.69 Å². The van der Waals surface area contributed by atoms with E-state index in [0.717, 1.165) is 30.7 Å². The lowest BCUT2D eigenvalue weighted by Gasteiger charge is -2.21. The maximum absolute atomic E-state index is 11.8. The number of aliphatic carboxylic acids is 1. The fourth-order valence-corrected chi connectivity index (χ4v) is 1.90. The van der Waals surface area contributed by atoms with Crippen molar-refractivity contribution in [2.24, 2.45) is 5.92 Å². The minimum absolute atomic E-state index is 0.133. The minimum Gasteiger partial charge on any atom is -0.480 e. The molecular weight excluding hydrogens is 252 g/mol. The van der Waals surface area contributed by atoms with Crippen molar-refractivity contribution in [3.05, 3.63) is 11.9 Å². The average molecular weight is 268 g/mol. The third-order valence-electron chi connectivity index (χ3n) is 2.96. The maximum Gasteiger partial charge on any atom is 0.325 e. The van der Waals surface area contributed by atoms with E-state index in [9.17, 15) is 9.59 Å². The lowest BCUT2D eigenvalue weighted by atomic mass is 10.0. The molecule has 0 bridgehead atoms. The van der Waals surface area contributed by atoms with Crippen molar-refractivity contribution < 1.29 is 19.4 Å². The van der Waals surface area contributed by atoms with Crippen LogP contribution in [-0.4, -0.2) is 51.7 Å². The summed E-state index contributed by atoms with van der Waals surface area (Å²) < 4.78 is 6.35. The van der Waals surface area contributed by atoms with Crippen LogP contribution in [0, 0.1) is 5.92 Å². The van der Waals surface area contributed by atoms with E-state index in [-0.39, 0.29) is 18.1 Å². The van der Waals surface area contributed by atoms with Crippen molar-refractivity contribution in [2.45, 2.75) is 19.4 Å². The molecule has 1 aromatic rings. The number of nitrogens with zero attached hydrogens (tertiary/aromatic N) is 3. The van der Waals surface area contributed by atoms with Crippen LogP contribution in [0.4, 0.5) is 0 Å². The van der Waals surface area contributed by atoms with E-state index >= 15 is 0 Å². The highest BCUT2D eigenvalue weighted by atomic mass is 16.5. The van der Waals surface area contributed by atoms with Crippen LogP contribution in [0.3, 0.4) is 0 Å². The first kappa shape index (κ1) is 13.5. The Hall–Kier alpha value is -1.96. The van der Waals surface area contributed by atoms with Gasteiger partial charge >= 0.3 is 5.97 Å². The molecule has 1 aliphatic rings. The molecule has 1 aromatic heterocycles. The van der Waals surface area contributed by atoms with Crippen molar-refractivity contribution in [1.82, 2.24) is 20.3 Å². The summed E-state index contributed by atoms with van der Waals surface area (Å²) in [4.78, 5) is 22.3. The van der Waals surface area contributed by atoms with Gasteiger partial charge in [0.1, 0.15) is 6.54 Å². The molecule has 0 radical (unpaired) electrons. The summed E-state index contributed by atoms with van der Waals surface area (Å²) in [6, 6.07) is 0. The van der Waals surface area contributed by atoms with E-state index in [0.29, 0.717) is 12.5 Å². The molecule has 0 aliphatic carbocycles. The summed E-state index contributed by atoms with van der Waals surface area (Å²) in [5.74, 6) is -0.936. The maximum atomic E-state index is 11.8. The molecule has 1 fully saturated rings. The highest BCUT2D eigenvalue weighted by Gasteiger charge is 2.17. The van der Waals surface area contributed by atoms with Crippen LogP contribution in [0.1, 0.15) is 23.3 Å². The molecular formula is C11H16N4O4. The summed E-state index contributed by atoms with van der Waals surface area (Å²) in [5.41, 5.74) is 0.133. The van der Waals surface area contributed by atoms with Gasteiger partial charge in [0, 0.05) is 19.8 Å². The summed E-state index contributed by atoms with van der Waals surface area (Å²) in [6.45, 7) is 1.74. The normalized spacial score (nSPS) is 16.2. The molecule has 2 N–H and O–H groups in total. The molecule has 1 saturated heterocycles. The number of carbonyl (C=O) groups excluding carboxylic acids is 1. The topological polar surface area (TPSA) is 106 Å². The number of rotatable bonds is 5. The van der Waals surface area contributed by atoms with Gasteiger partial charge in [0.2, 0.25) is 0 Å². The first-order chi connectivity index (χ1) is 9.15. The van der Waals surface area contributed by atoms with E-state index in [2.05, 4.69) is 15.6 Å². The van der Waals surface area contributed by atoms with Crippen molar-refractivity contribution in [3.8, 4) is 0 Å². The second kappa shape index (κ2) is 6.28. The lowest BCUT2D eigenvalue weighted by Crippen LogP contribution is -2.32. The zero-order valence-corrected chi connectivity index (χ0v) is 10.4. The van der Waals surface area contributed by atoms with Gasteiger partial charge in [0.05, 0.1) is 6.20 Å². The molecule has 1 amide bonds. The number of hydrogen-bond donors (Lipinski definition) is 2. The van der Waals surface area contributed by atoms with Gasteiger partial charge in [-0.2, -0.15) is 0 Å². The van der Waals surface area contributed by atoms with Crippen LogP contribution in [0.25, 0.3) is 0 Å². The highest BCUT2D eigenvalue weighted by molar-refractivity contribution is 5.91. The van der Waals surface area contributed by atoms with E-state index < -0.39 is 5.97 Å². The molecule has 0 unspecified atom stereocenters. The number of ether oxygens (including phenoxy) is 1. The standard InChI is InChI=1S/C11H16N4O4/c16-10(17)7-15-6-9(13-14-15)11(18)12-5-8-1-3-19-4-2-8/h6,8H,1-5,7H2,(H,12,18)(H,16,17). The average Bonchev–Trinajstić information content (AvgIpc) is 2.85. The van der Waals surface area contributed by atoms with Crippen LogP contribution in [0.2, 0.25) is 0 Å². The first-order valence-electron chi connectivity index (χ1n) is 6.13. The third kappa shape index (κ3) is 4.02. The minimum atomic E-state index is -1.03. The molecule has 2 heterocycles. The van der Waals surface area contributed by atoms with Gasteiger partial charge in [0.25, 0.3) is 5.91 Å². The van der Waals surface area contributed by atoms with E-state index in [1.165, 1.54) is 6.20 Å². The van der Waals surface area contributed by atoms with Gasteiger partial charge in [-0.1, -0.05) is 5.21 Å². The van der Waals surface area contributed by atoms with E-state index in [4.69, 9.17) is 9.84 Å². The Morgan fingerprint density at radius 1 is 1.47 bits per heavy atom. The second-order valence-electron chi connectivity index (χ2n) is 4.46. The summed E-state index contributed by atoms with van der Waals surface area (Å²) in [7, 11) is 0. The molecule has 8 nitrogen and oxygen atoms in total. The van der Waals surface area contributed by atoms with Gasteiger partial charge in [-0.15, -0.1) is 5.10 Å². The molecule has 8 heteroatoms. The Morgan fingerprint density at radius 2 is 2.21 bits per heavy atom. The summed E-state index contributed by atoms with van der Waals surface area (Å²) in [5, 5.41) is 18.6. The van der Waals surface area contributed by atoms with Crippen LogP contribution >= 0.6 is 0 Å². The second-order valence-corrected chi connectivity index (χ2v) is 4.46. The number of carboxylic acids is 1. The summed E-state index contributed by atoms with van der Waals surface area (Å²) in [6.07, 6.45) is 3.20. The number of nitrogens with one attached hydrogen (secondary N) is 1. The molecule has 19 heavy (non-hydrogen) atoms.